The second-order valence-electron chi connectivity index (χ2n) is 4.06. The van der Waals surface area contributed by atoms with E-state index >= 15 is 0 Å². The van der Waals surface area contributed by atoms with E-state index in [4.69, 9.17) is 26.2 Å². The first-order chi connectivity index (χ1) is 8.09. The van der Waals surface area contributed by atoms with E-state index < -0.39 is 11.9 Å². The van der Waals surface area contributed by atoms with Gasteiger partial charge in [0.1, 0.15) is 5.75 Å². The molecule has 1 aromatic carbocycles. The van der Waals surface area contributed by atoms with Crippen LogP contribution in [-0.2, 0) is 22.6 Å². The molecule has 4 nitrogen and oxygen atoms in total. The van der Waals surface area contributed by atoms with Crippen LogP contribution in [0.25, 0.3) is 0 Å². The highest BCUT2D eigenvalue weighted by Gasteiger charge is 2.21. The van der Waals surface area contributed by atoms with Crippen LogP contribution in [0.15, 0.2) is 12.1 Å². The lowest BCUT2D eigenvalue weighted by atomic mass is 9.96. The van der Waals surface area contributed by atoms with Crippen molar-refractivity contribution >= 4 is 17.6 Å². The van der Waals surface area contributed by atoms with E-state index in [1.54, 1.807) is 19.1 Å². The van der Waals surface area contributed by atoms with E-state index in [9.17, 15) is 4.79 Å². The van der Waals surface area contributed by atoms with Crippen molar-refractivity contribution in [1.29, 1.82) is 0 Å². The van der Waals surface area contributed by atoms with E-state index in [0.717, 1.165) is 16.9 Å². The van der Waals surface area contributed by atoms with Gasteiger partial charge in [-0.1, -0.05) is 18.5 Å². The number of carbonyl (C=O) groups is 1. The average Bonchev–Trinajstić information content (AvgIpc) is 2.32. The van der Waals surface area contributed by atoms with Gasteiger partial charge in [-0.2, -0.15) is 0 Å². The lowest BCUT2D eigenvalue weighted by Gasteiger charge is -2.22. The maximum absolute atomic E-state index is 10.9. The van der Waals surface area contributed by atoms with Gasteiger partial charge in [0.05, 0.1) is 12.5 Å². The van der Waals surface area contributed by atoms with Gasteiger partial charge in [-0.25, -0.2) is 0 Å². The molecule has 0 fully saturated rings. The molecular weight excluding hydrogens is 244 g/mol. The van der Waals surface area contributed by atoms with Crippen molar-refractivity contribution in [1.82, 2.24) is 0 Å². The molecule has 0 bridgehead atoms. The third-order valence-corrected chi connectivity index (χ3v) is 3.16. The minimum absolute atomic E-state index is 0.225. The van der Waals surface area contributed by atoms with Gasteiger partial charge in [-0.15, -0.1) is 0 Å². The van der Waals surface area contributed by atoms with E-state index in [2.05, 4.69) is 0 Å². The van der Waals surface area contributed by atoms with Crippen LogP contribution in [-0.4, -0.2) is 17.9 Å². The second-order valence-corrected chi connectivity index (χ2v) is 4.46. The topological polar surface area (TPSA) is 55.8 Å². The summed E-state index contributed by atoms with van der Waals surface area (Å²) in [4.78, 5) is 10.9. The van der Waals surface area contributed by atoms with Crippen LogP contribution in [0.4, 0.5) is 0 Å². The molecule has 1 aliphatic heterocycles. The summed E-state index contributed by atoms with van der Waals surface area (Å²) in [6.07, 6.45) is 0.379. The van der Waals surface area contributed by atoms with Gasteiger partial charge < -0.3 is 14.6 Å². The molecule has 17 heavy (non-hydrogen) atoms. The summed E-state index contributed by atoms with van der Waals surface area (Å²) < 4.78 is 10.5. The lowest BCUT2D eigenvalue weighted by molar-refractivity contribution is -0.141. The van der Waals surface area contributed by atoms with Gasteiger partial charge in [0.15, 0.2) is 6.79 Å². The Balaban J connectivity index is 2.34. The molecule has 0 aromatic heterocycles. The Morgan fingerprint density at radius 1 is 1.59 bits per heavy atom. The summed E-state index contributed by atoms with van der Waals surface area (Å²) in [5.41, 5.74) is 1.66. The fourth-order valence-electron chi connectivity index (χ4n) is 1.80. The van der Waals surface area contributed by atoms with Crippen LogP contribution >= 0.6 is 11.6 Å². The fraction of sp³-hybridized carbons (Fsp3) is 0.417. The summed E-state index contributed by atoms with van der Waals surface area (Å²) in [7, 11) is 0. The fourth-order valence-corrected chi connectivity index (χ4v) is 2.05. The molecule has 0 saturated carbocycles. The molecule has 1 N–H and O–H groups in total. The van der Waals surface area contributed by atoms with Crippen LogP contribution in [0, 0.1) is 5.92 Å². The minimum Gasteiger partial charge on any atom is -0.481 e. The Labute approximate surface area is 104 Å². The molecule has 1 aliphatic rings. The molecule has 0 spiro atoms. The normalized spacial score (nSPS) is 15.9. The summed E-state index contributed by atoms with van der Waals surface area (Å²) >= 11 is 6.11. The van der Waals surface area contributed by atoms with Gasteiger partial charge in [0.25, 0.3) is 0 Å². The SMILES string of the molecule is CC(Cc1c(Cl)ccc2c1COCO2)C(=O)O. The van der Waals surface area contributed by atoms with Crippen molar-refractivity contribution in [3.8, 4) is 5.75 Å². The Morgan fingerprint density at radius 3 is 3.06 bits per heavy atom. The zero-order chi connectivity index (χ0) is 12.4. The monoisotopic (exact) mass is 256 g/mol. The highest BCUT2D eigenvalue weighted by atomic mass is 35.5. The summed E-state index contributed by atoms with van der Waals surface area (Å²) in [6.45, 7) is 2.29. The Kier molecular flexibility index (Phi) is 3.54. The summed E-state index contributed by atoms with van der Waals surface area (Å²) in [5.74, 6) is -0.592. The zero-order valence-corrected chi connectivity index (χ0v) is 10.2. The van der Waals surface area contributed by atoms with Gasteiger partial charge in [-0.3, -0.25) is 4.79 Å². The molecule has 1 heterocycles. The van der Waals surface area contributed by atoms with E-state index in [-0.39, 0.29) is 6.79 Å². The van der Waals surface area contributed by atoms with Gasteiger partial charge >= 0.3 is 5.97 Å². The van der Waals surface area contributed by atoms with Crippen molar-refractivity contribution < 1.29 is 19.4 Å². The van der Waals surface area contributed by atoms with Crippen LogP contribution in [0.1, 0.15) is 18.1 Å². The number of ether oxygens (including phenoxy) is 2. The quantitative estimate of drug-likeness (QED) is 0.903. The number of benzene rings is 1. The van der Waals surface area contributed by atoms with Crippen LogP contribution < -0.4 is 4.74 Å². The van der Waals surface area contributed by atoms with Crippen LogP contribution in [0.5, 0.6) is 5.75 Å². The largest absolute Gasteiger partial charge is 0.481 e. The third kappa shape index (κ3) is 2.53. The lowest BCUT2D eigenvalue weighted by Crippen LogP contribution is -2.17. The Morgan fingerprint density at radius 2 is 2.35 bits per heavy atom. The minimum atomic E-state index is -0.837. The average molecular weight is 257 g/mol. The van der Waals surface area contributed by atoms with Crippen molar-refractivity contribution in [3.05, 3.63) is 28.3 Å². The summed E-state index contributed by atoms with van der Waals surface area (Å²) in [5, 5.41) is 9.49. The molecule has 0 aliphatic carbocycles. The molecule has 2 rings (SSSR count). The molecule has 1 unspecified atom stereocenters. The molecular formula is C12H13ClO4. The molecule has 1 aromatic rings. The smallest absolute Gasteiger partial charge is 0.306 e. The van der Waals surface area contributed by atoms with Crippen molar-refractivity contribution in [2.24, 2.45) is 5.92 Å². The molecule has 5 heteroatoms. The van der Waals surface area contributed by atoms with E-state index in [1.165, 1.54) is 0 Å². The van der Waals surface area contributed by atoms with E-state index in [0.29, 0.717) is 18.1 Å². The number of hydrogen-bond acceptors (Lipinski definition) is 3. The van der Waals surface area contributed by atoms with Crippen molar-refractivity contribution in [3.63, 3.8) is 0 Å². The number of hydrogen-bond donors (Lipinski definition) is 1. The first-order valence-corrected chi connectivity index (χ1v) is 5.71. The zero-order valence-electron chi connectivity index (χ0n) is 9.40. The first kappa shape index (κ1) is 12.2. The molecule has 0 amide bonds. The second kappa shape index (κ2) is 4.94. The number of rotatable bonds is 3. The highest BCUT2D eigenvalue weighted by Crippen LogP contribution is 2.33. The van der Waals surface area contributed by atoms with Gasteiger partial charge in [0.2, 0.25) is 0 Å². The Bertz CT molecular complexity index is 444. The predicted molar refractivity (Wildman–Crippen MR) is 62.2 cm³/mol. The summed E-state index contributed by atoms with van der Waals surface area (Å²) in [6, 6.07) is 3.52. The molecule has 0 radical (unpaired) electrons. The molecule has 0 saturated heterocycles. The van der Waals surface area contributed by atoms with Gasteiger partial charge in [0, 0.05) is 10.6 Å². The number of carboxylic acids is 1. The number of aliphatic carboxylic acids is 1. The maximum atomic E-state index is 10.9. The molecule has 92 valence electrons. The Hall–Kier alpha value is -1.26. The number of fused-ring (bicyclic) bond motifs is 1. The van der Waals surface area contributed by atoms with Gasteiger partial charge in [-0.05, 0) is 24.1 Å². The van der Waals surface area contributed by atoms with Crippen LogP contribution in [0.3, 0.4) is 0 Å². The van der Waals surface area contributed by atoms with Crippen LogP contribution in [0.2, 0.25) is 5.02 Å². The molecule has 1 atom stereocenters. The van der Waals surface area contributed by atoms with Crippen molar-refractivity contribution in [2.45, 2.75) is 20.0 Å². The standard InChI is InChI=1S/C12H13ClO4/c1-7(12(14)15)4-8-9-5-16-6-17-11(9)3-2-10(8)13/h2-3,7H,4-6H2,1H3,(H,14,15). The van der Waals surface area contributed by atoms with E-state index in [1.807, 2.05) is 0 Å². The maximum Gasteiger partial charge on any atom is 0.306 e. The predicted octanol–water partition coefficient (Wildman–Crippen LogP) is 2.47. The first-order valence-electron chi connectivity index (χ1n) is 5.33. The highest BCUT2D eigenvalue weighted by molar-refractivity contribution is 6.31. The number of halogens is 1. The third-order valence-electron chi connectivity index (χ3n) is 2.81. The van der Waals surface area contributed by atoms with Crippen molar-refractivity contribution in [2.75, 3.05) is 6.79 Å². The number of carboxylic acid groups (broad SMARTS) is 1.